The number of hydrogen-bond donors (Lipinski definition) is 0. The highest BCUT2D eigenvalue weighted by atomic mass is 16.6. The number of ether oxygens (including phenoxy) is 5. The summed E-state index contributed by atoms with van der Waals surface area (Å²) in [5, 5.41) is 0. The number of carbonyl (C=O) groups excluding carboxylic acids is 1. The Morgan fingerprint density at radius 2 is 2.12 bits per heavy atom. The molecule has 1 aromatic rings. The number of pyridine rings is 1. The minimum atomic E-state index is -0.341. The van der Waals surface area contributed by atoms with Crippen molar-refractivity contribution in [1.82, 2.24) is 9.88 Å². The number of allylic oxidation sites excluding steroid dienone is 1. The van der Waals surface area contributed by atoms with Gasteiger partial charge in [0.25, 0.3) is 0 Å². The van der Waals surface area contributed by atoms with E-state index < -0.39 is 0 Å². The van der Waals surface area contributed by atoms with Crippen molar-refractivity contribution in [3.8, 4) is 5.88 Å². The van der Waals surface area contributed by atoms with Gasteiger partial charge in [0.2, 0.25) is 5.88 Å². The van der Waals surface area contributed by atoms with E-state index in [9.17, 15) is 4.79 Å². The lowest BCUT2D eigenvalue weighted by Crippen LogP contribution is -2.59. The Morgan fingerprint density at radius 1 is 1.33 bits per heavy atom. The summed E-state index contributed by atoms with van der Waals surface area (Å²) in [6.45, 7) is 8.03. The standard InChI is InChI=1S/C25H34N2O6/c1-16(2)8-9-19-24(3,33-19)22-21(29-4)18(10-11-25(22)15-30-25)32-23(28)27-13-17(14-27)31-20-7-5-6-12-26-20/h5-8,12,17-19,21-22H,9-11,13-15H2,1-4H3/t18?,19-,21?,22?,24+,25?/m1/s1. The molecule has 3 saturated heterocycles. The summed E-state index contributed by atoms with van der Waals surface area (Å²) < 4.78 is 29.9. The molecule has 1 aliphatic carbocycles. The Hall–Kier alpha value is -2.16. The molecule has 1 saturated carbocycles. The van der Waals surface area contributed by atoms with Gasteiger partial charge in [0.1, 0.15) is 29.5 Å². The number of carbonyl (C=O) groups is 1. The molecular weight excluding hydrogens is 424 g/mol. The first-order valence-corrected chi connectivity index (χ1v) is 11.9. The maximum absolute atomic E-state index is 12.9. The fraction of sp³-hybridized carbons (Fsp3) is 0.680. The maximum Gasteiger partial charge on any atom is 0.410 e. The van der Waals surface area contributed by atoms with E-state index in [1.165, 1.54) is 5.57 Å². The van der Waals surface area contributed by atoms with Gasteiger partial charge in [-0.25, -0.2) is 9.78 Å². The second kappa shape index (κ2) is 8.56. The first-order chi connectivity index (χ1) is 15.8. The summed E-state index contributed by atoms with van der Waals surface area (Å²) >= 11 is 0. The average Bonchev–Trinajstić information content (AvgIpc) is 3.68. The zero-order valence-corrected chi connectivity index (χ0v) is 19.9. The second-order valence-corrected chi connectivity index (χ2v) is 10.1. The van der Waals surface area contributed by atoms with Crippen LogP contribution in [0, 0.1) is 5.92 Å². The molecule has 0 N–H and O–H groups in total. The number of likely N-dealkylation sites (tertiary alicyclic amines) is 1. The minimum absolute atomic E-state index is 0.0220. The van der Waals surface area contributed by atoms with Crippen molar-refractivity contribution in [2.45, 2.75) is 75.7 Å². The lowest BCUT2D eigenvalue weighted by atomic mass is 9.68. The number of rotatable bonds is 7. The SMILES string of the molecule is COC1C(OC(=O)N2CC(Oc3ccccn3)C2)CCC2(CO2)C1[C@@]1(C)O[C@@H]1CC=C(C)C. The topological polar surface area (TPSA) is 86.0 Å². The molecule has 33 heavy (non-hydrogen) atoms. The molecular formula is C25H34N2O6. The van der Waals surface area contributed by atoms with Gasteiger partial charge < -0.3 is 28.6 Å². The van der Waals surface area contributed by atoms with E-state index in [0.29, 0.717) is 25.6 Å². The Labute approximate surface area is 195 Å². The minimum Gasteiger partial charge on any atom is -0.471 e. The van der Waals surface area contributed by atoms with Crippen molar-refractivity contribution in [3.63, 3.8) is 0 Å². The molecule has 0 bridgehead atoms. The first kappa shape index (κ1) is 22.6. The highest BCUT2D eigenvalue weighted by Crippen LogP contribution is 2.59. The van der Waals surface area contributed by atoms with E-state index in [0.717, 1.165) is 19.3 Å². The molecule has 4 unspecified atom stereocenters. The van der Waals surface area contributed by atoms with Crippen LogP contribution in [-0.4, -0.2) is 78.4 Å². The molecule has 1 amide bonds. The van der Waals surface area contributed by atoms with Crippen molar-refractivity contribution >= 4 is 6.09 Å². The Bertz CT molecular complexity index is 893. The fourth-order valence-corrected chi connectivity index (χ4v) is 5.52. The zero-order valence-electron chi connectivity index (χ0n) is 19.9. The number of epoxide rings is 2. The van der Waals surface area contributed by atoms with Gasteiger partial charge in [-0.2, -0.15) is 0 Å². The quantitative estimate of drug-likeness (QED) is 0.457. The third-order valence-electron chi connectivity index (χ3n) is 7.52. The van der Waals surface area contributed by atoms with Crippen molar-refractivity contribution in [2.24, 2.45) is 5.92 Å². The third kappa shape index (κ3) is 4.36. The molecule has 1 spiro atoms. The largest absolute Gasteiger partial charge is 0.471 e. The van der Waals surface area contributed by atoms with Crippen molar-refractivity contribution in [1.29, 1.82) is 0 Å². The van der Waals surface area contributed by atoms with Gasteiger partial charge >= 0.3 is 6.09 Å². The number of methoxy groups -OCH3 is 1. The van der Waals surface area contributed by atoms with Crippen LogP contribution in [0.25, 0.3) is 0 Å². The first-order valence-electron chi connectivity index (χ1n) is 11.9. The predicted octanol–water partition coefficient (Wildman–Crippen LogP) is 3.36. The van der Waals surface area contributed by atoms with Crippen LogP contribution in [0.2, 0.25) is 0 Å². The molecule has 8 heteroatoms. The molecule has 4 aliphatic rings. The molecule has 6 atom stereocenters. The second-order valence-electron chi connectivity index (χ2n) is 10.1. The van der Waals surface area contributed by atoms with Gasteiger partial charge in [-0.05, 0) is 46.1 Å². The molecule has 1 aromatic heterocycles. The maximum atomic E-state index is 12.9. The summed E-state index contributed by atoms with van der Waals surface area (Å²) in [5.41, 5.74) is 0.715. The number of hydrogen-bond acceptors (Lipinski definition) is 7. The third-order valence-corrected chi connectivity index (χ3v) is 7.52. The van der Waals surface area contributed by atoms with Crippen LogP contribution < -0.4 is 4.74 Å². The predicted molar refractivity (Wildman–Crippen MR) is 120 cm³/mol. The van der Waals surface area contributed by atoms with E-state index in [1.807, 2.05) is 18.2 Å². The average molecular weight is 459 g/mol. The molecule has 4 fully saturated rings. The number of nitrogens with zero attached hydrogens (tertiary/aromatic N) is 2. The monoisotopic (exact) mass is 458 g/mol. The highest BCUT2D eigenvalue weighted by molar-refractivity contribution is 5.69. The Morgan fingerprint density at radius 3 is 2.76 bits per heavy atom. The van der Waals surface area contributed by atoms with Gasteiger partial charge in [-0.3, -0.25) is 0 Å². The van der Waals surface area contributed by atoms with Crippen LogP contribution in [0.3, 0.4) is 0 Å². The number of aromatic nitrogens is 1. The van der Waals surface area contributed by atoms with Crippen molar-refractivity contribution < 1.29 is 28.5 Å². The molecule has 180 valence electrons. The van der Waals surface area contributed by atoms with Crippen LogP contribution in [0.1, 0.15) is 40.0 Å². The van der Waals surface area contributed by atoms with Crippen LogP contribution in [-0.2, 0) is 18.9 Å². The fourth-order valence-electron chi connectivity index (χ4n) is 5.52. The van der Waals surface area contributed by atoms with E-state index in [-0.39, 0.29) is 47.6 Å². The van der Waals surface area contributed by atoms with E-state index in [2.05, 4.69) is 31.8 Å². The van der Waals surface area contributed by atoms with Crippen LogP contribution in [0.4, 0.5) is 4.79 Å². The Kier molecular flexibility index (Phi) is 5.87. The lowest BCUT2D eigenvalue weighted by molar-refractivity contribution is -0.125. The normalized spacial score (nSPS) is 37.3. The smallest absolute Gasteiger partial charge is 0.410 e. The molecule has 8 nitrogen and oxygen atoms in total. The van der Waals surface area contributed by atoms with Crippen LogP contribution in [0.15, 0.2) is 36.0 Å². The van der Waals surface area contributed by atoms with Gasteiger partial charge in [0.15, 0.2) is 0 Å². The summed E-state index contributed by atoms with van der Waals surface area (Å²) in [7, 11) is 1.69. The van der Waals surface area contributed by atoms with Crippen molar-refractivity contribution in [2.75, 3.05) is 26.8 Å². The summed E-state index contributed by atoms with van der Waals surface area (Å²) in [5.74, 6) is 0.592. The van der Waals surface area contributed by atoms with Gasteiger partial charge in [-0.1, -0.05) is 17.7 Å². The highest BCUT2D eigenvalue weighted by Gasteiger charge is 2.72. The summed E-state index contributed by atoms with van der Waals surface area (Å²) in [6.07, 6.45) is 5.48. The zero-order chi connectivity index (χ0) is 23.2. The van der Waals surface area contributed by atoms with E-state index in [4.69, 9.17) is 23.7 Å². The Balaban J connectivity index is 1.20. The van der Waals surface area contributed by atoms with Gasteiger partial charge in [-0.15, -0.1) is 0 Å². The van der Waals surface area contributed by atoms with E-state index >= 15 is 0 Å². The van der Waals surface area contributed by atoms with E-state index in [1.54, 1.807) is 18.2 Å². The van der Waals surface area contributed by atoms with Gasteiger partial charge in [0.05, 0.1) is 31.7 Å². The molecule has 0 radical (unpaired) electrons. The van der Waals surface area contributed by atoms with Gasteiger partial charge in [0, 0.05) is 19.4 Å². The molecule has 5 rings (SSSR count). The molecule has 3 aliphatic heterocycles. The summed E-state index contributed by atoms with van der Waals surface area (Å²) in [4.78, 5) is 18.7. The number of amides is 1. The summed E-state index contributed by atoms with van der Waals surface area (Å²) in [6, 6.07) is 5.53. The van der Waals surface area contributed by atoms with Crippen LogP contribution in [0.5, 0.6) is 5.88 Å². The lowest BCUT2D eigenvalue weighted by Gasteiger charge is -2.44. The van der Waals surface area contributed by atoms with Crippen LogP contribution >= 0.6 is 0 Å². The van der Waals surface area contributed by atoms with Crippen molar-refractivity contribution in [3.05, 3.63) is 36.0 Å². The molecule has 4 heterocycles. The molecule has 0 aromatic carbocycles.